The predicted octanol–water partition coefficient (Wildman–Crippen LogP) is 4.85. The van der Waals surface area contributed by atoms with Crippen molar-refractivity contribution in [2.75, 3.05) is 5.32 Å². The highest BCUT2D eigenvalue weighted by Crippen LogP contribution is 2.25. The average molecular weight is 329 g/mol. The van der Waals surface area contributed by atoms with E-state index in [4.69, 9.17) is 0 Å². The summed E-state index contributed by atoms with van der Waals surface area (Å²) in [6.45, 7) is 2.94. The molecule has 1 N–H and O–H groups in total. The normalized spacial score (nSPS) is 11.1. The van der Waals surface area contributed by atoms with Crippen molar-refractivity contribution >= 4 is 33.4 Å². The van der Waals surface area contributed by atoms with Gasteiger partial charge in [-0.2, -0.15) is 5.10 Å². The van der Waals surface area contributed by atoms with Gasteiger partial charge in [0.15, 0.2) is 5.82 Å². The molecule has 0 aliphatic heterocycles. The van der Waals surface area contributed by atoms with E-state index >= 15 is 0 Å². The summed E-state index contributed by atoms with van der Waals surface area (Å²) in [7, 11) is 0. The third kappa shape index (κ3) is 2.76. The van der Waals surface area contributed by atoms with Gasteiger partial charge in [0, 0.05) is 17.5 Å². The van der Waals surface area contributed by atoms with E-state index in [1.807, 2.05) is 71.4 Å². The molecular formula is C21H19N3O. The second-order valence-corrected chi connectivity index (χ2v) is 6.07. The minimum Gasteiger partial charge on any atom is -0.305 e. The summed E-state index contributed by atoms with van der Waals surface area (Å²) < 4.78 is 1.95. The molecule has 0 spiro atoms. The van der Waals surface area contributed by atoms with Crippen LogP contribution in [0.3, 0.4) is 0 Å². The number of aromatic nitrogens is 2. The number of aryl methyl sites for hydroxylation is 1. The number of hydrogen-bond acceptors (Lipinski definition) is 2. The van der Waals surface area contributed by atoms with E-state index in [1.54, 1.807) is 0 Å². The lowest BCUT2D eigenvalue weighted by Crippen LogP contribution is -2.13. The number of carbonyl (C=O) groups is 1. The van der Waals surface area contributed by atoms with Gasteiger partial charge in [-0.25, -0.2) is 0 Å². The summed E-state index contributed by atoms with van der Waals surface area (Å²) in [5.41, 5.74) is 1.70. The number of para-hydroxylation sites is 1. The van der Waals surface area contributed by atoms with E-state index in [2.05, 4.69) is 17.3 Å². The highest BCUT2D eigenvalue weighted by atomic mass is 16.1. The van der Waals surface area contributed by atoms with Gasteiger partial charge in [0.25, 0.3) is 5.91 Å². The lowest BCUT2D eigenvalue weighted by Gasteiger charge is -2.06. The van der Waals surface area contributed by atoms with Crippen LogP contribution in [-0.4, -0.2) is 15.7 Å². The first-order chi connectivity index (χ1) is 12.3. The first kappa shape index (κ1) is 15.4. The minimum absolute atomic E-state index is 0.135. The average Bonchev–Trinajstić information content (AvgIpc) is 2.99. The quantitative estimate of drug-likeness (QED) is 0.581. The summed E-state index contributed by atoms with van der Waals surface area (Å²) in [6, 6.07) is 21.7. The molecule has 0 saturated heterocycles. The molecule has 3 aromatic carbocycles. The topological polar surface area (TPSA) is 46.9 Å². The highest BCUT2D eigenvalue weighted by molar-refractivity contribution is 6.14. The van der Waals surface area contributed by atoms with Crippen molar-refractivity contribution in [3.8, 4) is 0 Å². The summed E-state index contributed by atoms with van der Waals surface area (Å²) in [6.07, 6.45) is 0.988. The molecule has 1 heterocycles. The van der Waals surface area contributed by atoms with E-state index in [9.17, 15) is 4.79 Å². The van der Waals surface area contributed by atoms with Crippen molar-refractivity contribution in [3.05, 3.63) is 72.3 Å². The minimum atomic E-state index is -0.135. The van der Waals surface area contributed by atoms with E-state index in [0.29, 0.717) is 11.4 Å². The van der Waals surface area contributed by atoms with E-state index in [-0.39, 0.29) is 5.91 Å². The Balaban J connectivity index is 1.75. The van der Waals surface area contributed by atoms with Crippen molar-refractivity contribution in [1.82, 2.24) is 9.78 Å². The number of nitrogens with one attached hydrogen (secondary N) is 1. The second kappa shape index (κ2) is 6.40. The molecule has 0 fully saturated rings. The zero-order valence-corrected chi connectivity index (χ0v) is 14.1. The molecule has 1 aromatic heterocycles. The number of nitrogens with zero attached hydrogens (tertiary/aromatic N) is 2. The van der Waals surface area contributed by atoms with Crippen molar-refractivity contribution in [3.63, 3.8) is 0 Å². The molecule has 1 amide bonds. The summed E-state index contributed by atoms with van der Waals surface area (Å²) >= 11 is 0. The van der Waals surface area contributed by atoms with Gasteiger partial charge >= 0.3 is 0 Å². The van der Waals surface area contributed by atoms with Gasteiger partial charge in [-0.05, 0) is 35.4 Å². The van der Waals surface area contributed by atoms with Crippen LogP contribution in [0.25, 0.3) is 21.7 Å². The standard InChI is InChI=1S/C21H19N3O/c1-2-14-24-19-13-6-5-11-18(19)20(23-24)22-21(25)17-12-7-9-15-8-3-4-10-16(15)17/h3-13H,2,14H2,1H3,(H,22,23,25). The van der Waals surface area contributed by atoms with Gasteiger partial charge in [0.1, 0.15) is 0 Å². The van der Waals surface area contributed by atoms with Gasteiger partial charge in [-0.15, -0.1) is 0 Å². The number of anilines is 1. The Morgan fingerprint density at radius 3 is 2.52 bits per heavy atom. The molecule has 0 bridgehead atoms. The molecule has 4 nitrogen and oxygen atoms in total. The van der Waals surface area contributed by atoms with Gasteiger partial charge in [-0.1, -0.05) is 55.5 Å². The van der Waals surface area contributed by atoms with Crippen LogP contribution in [0, 0.1) is 0 Å². The number of rotatable bonds is 4. The molecule has 0 aliphatic carbocycles. The van der Waals surface area contributed by atoms with Crippen LogP contribution < -0.4 is 5.32 Å². The first-order valence-corrected chi connectivity index (χ1v) is 8.52. The third-order valence-corrected chi connectivity index (χ3v) is 4.36. The molecule has 4 rings (SSSR count). The van der Waals surface area contributed by atoms with Crippen molar-refractivity contribution in [2.45, 2.75) is 19.9 Å². The summed E-state index contributed by atoms with van der Waals surface area (Å²) in [4.78, 5) is 12.9. The van der Waals surface area contributed by atoms with Crippen LogP contribution >= 0.6 is 0 Å². The number of benzene rings is 3. The fourth-order valence-corrected chi connectivity index (χ4v) is 3.20. The fraction of sp³-hybridized carbons (Fsp3) is 0.143. The maximum atomic E-state index is 12.9. The van der Waals surface area contributed by atoms with Gasteiger partial charge in [0.2, 0.25) is 0 Å². The molecule has 4 heteroatoms. The first-order valence-electron chi connectivity index (χ1n) is 8.52. The van der Waals surface area contributed by atoms with Crippen LogP contribution in [0.4, 0.5) is 5.82 Å². The van der Waals surface area contributed by atoms with Crippen molar-refractivity contribution < 1.29 is 4.79 Å². The molecule has 4 aromatic rings. The zero-order valence-electron chi connectivity index (χ0n) is 14.1. The Bertz CT molecular complexity index is 1060. The maximum Gasteiger partial charge on any atom is 0.257 e. The smallest absolute Gasteiger partial charge is 0.257 e. The Labute approximate surface area is 146 Å². The molecule has 0 aliphatic rings. The predicted molar refractivity (Wildman–Crippen MR) is 102 cm³/mol. The van der Waals surface area contributed by atoms with Gasteiger partial charge < -0.3 is 5.32 Å². The van der Waals surface area contributed by atoms with Crippen LogP contribution in [0.1, 0.15) is 23.7 Å². The van der Waals surface area contributed by atoms with Gasteiger partial charge in [0.05, 0.1) is 5.52 Å². The number of fused-ring (bicyclic) bond motifs is 2. The lowest BCUT2D eigenvalue weighted by atomic mass is 10.0. The summed E-state index contributed by atoms with van der Waals surface area (Å²) in [5.74, 6) is 0.477. The number of hydrogen-bond donors (Lipinski definition) is 1. The van der Waals surface area contributed by atoms with Crippen LogP contribution in [0.5, 0.6) is 0 Å². The Kier molecular flexibility index (Phi) is 3.94. The Hall–Kier alpha value is -3.14. The van der Waals surface area contributed by atoms with Crippen LogP contribution in [0.15, 0.2) is 66.7 Å². The van der Waals surface area contributed by atoms with Crippen LogP contribution in [0.2, 0.25) is 0 Å². The number of carbonyl (C=O) groups excluding carboxylic acids is 1. The van der Waals surface area contributed by atoms with E-state index in [1.165, 1.54) is 0 Å². The van der Waals surface area contributed by atoms with E-state index < -0.39 is 0 Å². The molecule has 0 unspecified atom stereocenters. The lowest BCUT2D eigenvalue weighted by molar-refractivity contribution is 0.102. The highest BCUT2D eigenvalue weighted by Gasteiger charge is 2.15. The van der Waals surface area contributed by atoms with Crippen molar-refractivity contribution in [2.24, 2.45) is 0 Å². The fourth-order valence-electron chi connectivity index (χ4n) is 3.20. The Morgan fingerprint density at radius 1 is 0.960 bits per heavy atom. The number of amides is 1. The SMILES string of the molecule is CCCn1nc(NC(=O)c2cccc3ccccc23)c2ccccc21. The molecular weight excluding hydrogens is 310 g/mol. The van der Waals surface area contributed by atoms with Crippen molar-refractivity contribution in [1.29, 1.82) is 0 Å². The second-order valence-electron chi connectivity index (χ2n) is 6.07. The third-order valence-electron chi connectivity index (χ3n) is 4.36. The Morgan fingerprint density at radius 2 is 1.68 bits per heavy atom. The van der Waals surface area contributed by atoms with E-state index in [0.717, 1.165) is 34.6 Å². The molecule has 25 heavy (non-hydrogen) atoms. The maximum absolute atomic E-state index is 12.9. The zero-order chi connectivity index (χ0) is 17.2. The largest absolute Gasteiger partial charge is 0.305 e. The molecule has 124 valence electrons. The van der Waals surface area contributed by atoms with Gasteiger partial charge in [-0.3, -0.25) is 9.48 Å². The molecule has 0 saturated carbocycles. The summed E-state index contributed by atoms with van der Waals surface area (Å²) in [5, 5.41) is 10.6. The monoisotopic (exact) mass is 329 g/mol. The molecule has 0 radical (unpaired) electrons. The van der Waals surface area contributed by atoms with Crippen LogP contribution in [-0.2, 0) is 6.54 Å². The molecule has 0 atom stereocenters.